The van der Waals surface area contributed by atoms with Gasteiger partial charge in [0, 0.05) is 11.3 Å². The highest BCUT2D eigenvalue weighted by Crippen LogP contribution is 2.21. The maximum Gasteiger partial charge on any atom is 0.337 e. The van der Waals surface area contributed by atoms with E-state index in [2.05, 4.69) is 5.32 Å². The Morgan fingerprint density at radius 2 is 1.95 bits per heavy atom. The molecule has 1 unspecified atom stereocenters. The lowest BCUT2D eigenvalue weighted by Crippen LogP contribution is -2.32. The van der Waals surface area contributed by atoms with Gasteiger partial charge in [0.2, 0.25) is 5.91 Å². The number of benzene rings is 1. The first-order chi connectivity index (χ1) is 8.62. The van der Waals surface area contributed by atoms with E-state index in [0.717, 1.165) is 6.26 Å². The summed E-state index contributed by atoms with van der Waals surface area (Å²) in [4.78, 5) is 22.7. The van der Waals surface area contributed by atoms with Crippen LogP contribution in [0.25, 0.3) is 0 Å². The van der Waals surface area contributed by atoms with Gasteiger partial charge in [-0.3, -0.25) is 4.79 Å². The first-order valence-corrected chi connectivity index (χ1v) is 7.48. The summed E-state index contributed by atoms with van der Waals surface area (Å²) < 4.78 is 22.5. The fourth-order valence-electron chi connectivity index (χ4n) is 1.24. The van der Waals surface area contributed by atoms with Gasteiger partial charge in [0.05, 0.1) is 11.3 Å². The van der Waals surface area contributed by atoms with Crippen LogP contribution < -0.4 is 5.32 Å². The molecule has 0 saturated carbocycles. The number of anilines is 1. The van der Waals surface area contributed by atoms with Crippen molar-refractivity contribution in [1.82, 2.24) is 0 Å². The number of hydrogen-bond donors (Lipinski definition) is 2. The number of rotatable bonds is 4. The lowest BCUT2D eigenvalue weighted by atomic mass is 10.1. The van der Waals surface area contributed by atoms with Gasteiger partial charge in [-0.15, -0.1) is 0 Å². The summed E-state index contributed by atoms with van der Waals surface area (Å²) in [5, 5.41) is 10.2. The lowest BCUT2D eigenvalue weighted by molar-refractivity contribution is -0.115. The Bertz CT molecular complexity index is 626. The van der Waals surface area contributed by atoms with E-state index in [0.29, 0.717) is 0 Å². The average Bonchev–Trinajstić information content (AvgIpc) is 2.26. The monoisotopic (exact) mass is 305 g/mol. The molecule has 2 N–H and O–H groups in total. The van der Waals surface area contributed by atoms with Crippen LogP contribution >= 0.6 is 11.6 Å². The largest absolute Gasteiger partial charge is 0.478 e. The Hall–Kier alpha value is -1.60. The van der Waals surface area contributed by atoms with Gasteiger partial charge in [0.1, 0.15) is 5.25 Å². The zero-order chi connectivity index (χ0) is 14.8. The van der Waals surface area contributed by atoms with Gasteiger partial charge in [-0.25, -0.2) is 13.2 Å². The summed E-state index contributed by atoms with van der Waals surface area (Å²) >= 11 is 5.71. The molecule has 0 aliphatic carbocycles. The molecule has 1 rings (SSSR count). The van der Waals surface area contributed by atoms with Gasteiger partial charge in [0.25, 0.3) is 0 Å². The first kappa shape index (κ1) is 15.5. The molecule has 1 atom stereocenters. The van der Waals surface area contributed by atoms with E-state index in [1.807, 2.05) is 0 Å². The van der Waals surface area contributed by atoms with Crippen molar-refractivity contribution in [2.24, 2.45) is 0 Å². The third kappa shape index (κ3) is 3.93. The summed E-state index contributed by atoms with van der Waals surface area (Å²) in [7, 11) is -3.56. The first-order valence-electron chi connectivity index (χ1n) is 5.15. The number of nitrogens with one attached hydrogen (secondary N) is 1. The maximum atomic E-state index is 11.7. The minimum atomic E-state index is -3.56. The van der Waals surface area contributed by atoms with Crippen LogP contribution in [0.1, 0.15) is 17.3 Å². The molecule has 0 bridgehead atoms. The number of hydrogen-bond acceptors (Lipinski definition) is 4. The molecule has 1 amide bonds. The molecule has 0 aromatic heterocycles. The summed E-state index contributed by atoms with van der Waals surface area (Å²) in [5.74, 6) is -2.06. The van der Waals surface area contributed by atoms with Gasteiger partial charge in [-0.2, -0.15) is 0 Å². The summed E-state index contributed by atoms with van der Waals surface area (Å²) in [6, 6.07) is 3.84. The maximum absolute atomic E-state index is 11.7. The highest BCUT2D eigenvalue weighted by Gasteiger charge is 2.24. The van der Waals surface area contributed by atoms with Crippen molar-refractivity contribution < 1.29 is 23.1 Å². The van der Waals surface area contributed by atoms with Crippen LogP contribution in [0.4, 0.5) is 5.69 Å². The summed E-state index contributed by atoms with van der Waals surface area (Å²) in [6.07, 6.45) is 0.924. The second-order valence-electron chi connectivity index (χ2n) is 3.96. The zero-order valence-electron chi connectivity index (χ0n) is 10.2. The predicted octanol–water partition coefficient (Wildman–Crippen LogP) is 1.41. The highest BCUT2D eigenvalue weighted by molar-refractivity contribution is 7.92. The number of halogens is 1. The van der Waals surface area contributed by atoms with Gasteiger partial charge in [-0.05, 0) is 25.1 Å². The number of sulfone groups is 1. The molecule has 19 heavy (non-hydrogen) atoms. The molecule has 0 aliphatic heterocycles. The van der Waals surface area contributed by atoms with Crippen molar-refractivity contribution in [2.75, 3.05) is 11.6 Å². The van der Waals surface area contributed by atoms with Crippen LogP contribution in [-0.2, 0) is 14.6 Å². The second kappa shape index (κ2) is 5.58. The standard InChI is InChI=1S/C11H12ClNO5S/c1-6(19(2,17)18)10(14)13-9-5-7(12)3-4-8(9)11(15)16/h3-6H,1-2H3,(H,13,14)(H,15,16). The number of aromatic carboxylic acids is 1. The quantitative estimate of drug-likeness (QED) is 0.876. The van der Waals surface area contributed by atoms with Crippen molar-refractivity contribution in [2.45, 2.75) is 12.2 Å². The van der Waals surface area contributed by atoms with Crippen LogP contribution in [0.3, 0.4) is 0 Å². The molecule has 0 radical (unpaired) electrons. The van der Waals surface area contributed by atoms with Gasteiger partial charge < -0.3 is 10.4 Å². The normalized spacial score (nSPS) is 12.8. The van der Waals surface area contributed by atoms with Crippen LogP contribution in [0.15, 0.2) is 18.2 Å². The molecular formula is C11H12ClNO5S. The van der Waals surface area contributed by atoms with Crippen LogP contribution in [0, 0.1) is 0 Å². The van der Waals surface area contributed by atoms with E-state index < -0.39 is 27.0 Å². The van der Waals surface area contributed by atoms with Crippen molar-refractivity contribution in [3.63, 3.8) is 0 Å². The molecule has 1 aromatic rings. The number of carbonyl (C=O) groups is 2. The SMILES string of the molecule is CC(C(=O)Nc1cc(Cl)ccc1C(=O)O)S(C)(=O)=O. The Morgan fingerprint density at radius 3 is 2.42 bits per heavy atom. The second-order valence-corrected chi connectivity index (χ2v) is 6.76. The number of carbonyl (C=O) groups excluding carboxylic acids is 1. The van der Waals surface area contributed by atoms with Gasteiger partial charge >= 0.3 is 5.97 Å². The molecule has 0 spiro atoms. The average molecular weight is 306 g/mol. The van der Waals surface area contributed by atoms with Crippen molar-refractivity contribution in [1.29, 1.82) is 0 Å². The Balaban J connectivity index is 3.09. The van der Waals surface area contributed by atoms with E-state index >= 15 is 0 Å². The molecule has 8 heteroatoms. The molecule has 6 nitrogen and oxygen atoms in total. The van der Waals surface area contributed by atoms with Crippen LogP contribution in [0.2, 0.25) is 5.02 Å². The molecule has 0 saturated heterocycles. The lowest BCUT2D eigenvalue weighted by Gasteiger charge is -2.12. The fourth-order valence-corrected chi connectivity index (χ4v) is 1.86. The molecule has 1 aromatic carbocycles. The van der Waals surface area contributed by atoms with Gasteiger partial charge in [-0.1, -0.05) is 11.6 Å². The molecule has 0 aliphatic rings. The third-order valence-corrected chi connectivity index (χ3v) is 4.21. The zero-order valence-corrected chi connectivity index (χ0v) is 11.7. The van der Waals surface area contributed by atoms with Crippen molar-refractivity contribution >= 4 is 39.0 Å². The van der Waals surface area contributed by atoms with E-state index in [9.17, 15) is 18.0 Å². The van der Waals surface area contributed by atoms with E-state index in [-0.39, 0.29) is 16.3 Å². The molecule has 0 heterocycles. The number of carboxylic acid groups (broad SMARTS) is 1. The minimum Gasteiger partial charge on any atom is -0.478 e. The third-order valence-electron chi connectivity index (χ3n) is 2.48. The van der Waals surface area contributed by atoms with Gasteiger partial charge in [0.15, 0.2) is 9.84 Å². The summed E-state index contributed by atoms with van der Waals surface area (Å²) in [6.45, 7) is 1.22. The predicted molar refractivity (Wildman–Crippen MR) is 71.3 cm³/mol. The molecule has 104 valence electrons. The molecule has 0 fully saturated rings. The number of carboxylic acids is 1. The van der Waals surface area contributed by atoms with E-state index in [1.165, 1.54) is 25.1 Å². The van der Waals surface area contributed by atoms with Crippen LogP contribution in [0.5, 0.6) is 0 Å². The Kier molecular flexibility index (Phi) is 4.54. The topological polar surface area (TPSA) is 101 Å². The fraction of sp³-hybridized carbons (Fsp3) is 0.273. The Labute approximate surface area is 115 Å². The number of amides is 1. The van der Waals surface area contributed by atoms with E-state index in [1.54, 1.807) is 0 Å². The van der Waals surface area contributed by atoms with Crippen molar-refractivity contribution in [3.8, 4) is 0 Å². The van der Waals surface area contributed by atoms with Crippen molar-refractivity contribution in [3.05, 3.63) is 28.8 Å². The van der Waals surface area contributed by atoms with E-state index in [4.69, 9.17) is 16.7 Å². The summed E-state index contributed by atoms with van der Waals surface area (Å²) in [5.41, 5.74) is -0.209. The van der Waals surface area contributed by atoms with Crippen LogP contribution in [-0.4, -0.2) is 36.9 Å². The molecular weight excluding hydrogens is 294 g/mol. The minimum absolute atomic E-state index is 0.0412. The Morgan fingerprint density at radius 1 is 1.37 bits per heavy atom. The smallest absolute Gasteiger partial charge is 0.337 e. The highest BCUT2D eigenvalue weighted by atomic mass is 35.5.